The molecule has 1 aliphatic rings. The third-order valence-electron chi connectivity index (χ3n) is 6.02. The molecular formula is C26H36O3S. The summed E-state index contributed by atoms with van der Waals surface area (Å²) in [5.41, 5.74) is 1.34. The molecular weight excluding hydrogens is 392 g/mol. The van der Waals surface area contributed by atoms with Gasteiger partial charge in [0.1, 0.15) is 0 Å². The number of aliphatic hydroxyl groups excluding tert-OH is 1. The van der Waals surface area contributed by atoms with Gasteiger partial charge in [-0.15, -0.1) is 0 Å². The fourth-order valence-corrected chi connectivity index (χ4v) is 4.84. The molecule has 1 aromatic rings. The largest absolute Gasteiger partial charge is 0.481 e. The molecule has 0 saturated carbocycles. The van der Waals surface area contributed by atoms with E-state index in [2.05, 4.69) is 31.2 Å². The highest BCUT2D eigenvalue weighted by Crippen LogP contribution is 2.34. The van der Waals surface area contributed by atoms with Crippen molar-refractivity contribution in [1.82, 2.24) is 0 Å². The highest BCUT2D eigenvalue weighted by atomic mass is 32.2. The van der Waals surface area contributed by atoms with Crippen LogP contribution in [-0.2, 0) is 10.2 Å². The number of carbonyl (C=O) groups is 1. The molecule has 4 heteroatoms. The van der Waals surface area contributed by atoms with E-state index in [0.717, 1.165) is 49.2 Å². The van der Waals surface area contributed by atoms with E-state index >= 15 is 0 Å². The molecule has 0 fully saturated rings. The fourth-order valence-electron chi connectivity index (χ4n) is 3.94. The summed E-state index contributed by atoms with van der Waals surface area (Å²) in [7, 11) is 0. The van der Waals surface area contributed by atoms with Crippen molar-refractivity contribution >= 4 is 17.7 Å². The van der Waals surface area contributed by atoms with E-state index in [1.54, 1.807) is 0 Å². The molecule has 0 amide bonds. The van der Waals surface area contributed by atoms with E-state index in [9.17, 15) is 15.0 Å². The minimum absolute atomic E-state index is 0.0758. The van der Waals surface area contributed by atoms with Gasteiger partial charge in [-0.3, -0.25) is 4.79 Å². The van der Waals surface area contributed by atoms with E-state index in [-0.39, 0.29) is 12.0 Å². The highest BCUT2D eigenvalue weighted by molar-refractivity contribution is 7.99. The van der Waals surface area contributed by atoms with Crippen LogP contribution in [0.3, 0.4) is 0 Å². The summed E-state index contributed by atoms with van der Waals surface area (Å²) in [6, 6.07) is 9.54. The Morgan fingerprint density at radius 2 is 1.73 bits per heavy atom. The number of allylic oxidation sites excluding steroid dienone is 6. The van der Waals surface area contributed by atoms with Crippen molar-refractivity contribution in [1.29, 1.82) is 0 Å². The first-order valence-corrected chi connectivity index (χ1v) is 12.0. The van der Waals surface area contributed by atoms with Gasteiger partial charge in [0.15, 0.2) is 0 Å². The van der Waals surface area contributed by atoms with Crippen molar-refractivity contribution in [3.63, 3.8) is 0 Å². The Labute approximate surface area is 186 Å². The Kier molecular flexibility index (Phi) is 9.93. The lowest BCUT2D eigenvalue weighted by molar-refractivity contribution is -0.143. The molecule has 30 heavy (non-hydrogen) atoms. The molecule has 0 aliphatic heterocycles. The average molecular weight is 429 g/mol. The summed E-state index contributed by atoms with van der Waals surface area (Å²) in [5.74, 6) is 1.26. The number of aliphatic carboxylic acids is 1. The maximum absolute atomic E-state index is 11.9. The van der Waals surface area contributed by atoms with Crippen molar-refractivity contribution in [2.45, 2.75) is 57.8 Å². The van der Waals surface area contributed by atoms with Gasteiger partial charge in [0.05, 0.1) is 5.41 Å². The number of rotatable bonds is 13. The molecule has 1 aliphatic carbocycles. The Hall–Kier alpha value is -1.78. The van der Waals surface area contributed by atoms with Gasteiger partial charge in [0, 0.05) is 6.61 Å². The van der Waals surface area contributed by atoms with Crippen LogP contribution < -0.4 is 0 Å². The Bertz CT molecular complexity index is 753. The van der Waals surface area contributed by atoms with Crippen LogP contribution >= 0.6 is 11.8 Å². The third kappa shape index (κ3) is 7.48. The van der Waals surface area contributed by atoms with Crippen LogP contribution in [0.5, 0.6) is 0 Å². The molecule has 1 aromatic carbocycles. The van der Waals surface area contributed by atoms with E-state index < -0.39 is 11.4 Å². The molecule has 2 atom stereocenters. The normalized spacial score (nSPS) is 17.6. The van der Waals surface area contributed by atoms with E-state index in [4.69, 9.17) is 0 Å². The predicted octanol–water partition coefficient (Wildman–Crippen LogP) is 6.15. The summed E-state index contributed by atoms with van der Waals surface area (Å²) in [4.78, 5) is 11.9. The predicted molar refractivity (Wildman–Crippen MR) is 128 cm³/mol. The molecule has 0 bridgehead atoms. The van der Waals surface area contributed by atoms with Gasteiger partial charge in [-0.1, -0.05) is 73.2 Å². The van der Waals surface area contributed by atoms with Crippen LogP contribution in [0.25, 0.3) is 0 Å². The Balaban J connectivity index is 1.71. The average Bonchev–Trinajstić information content (AvgIpc) is 3.01. The van der Waals surface area contributed by atoms with Gasteiger partial charge in [0.2, 0.25) is 0 Å². The van der Waals surface area contributed by atoms with Gasteiger partial charge >= 0.3 is 5.97 Å². The van der Waals surface area contributed by atoms with Crippen LogP contribution in [-0.4, -0.2) is 34.3 Å². The van der Waals surface area contributed by atoms with Crippen LogP contribution in [0, 0.1) is 5.41 Å². The van der Waals surface area contributed by atoms with E-state index in [1.165, 1.54) is 5.57 Å². The van der Waals surface area contributed by atoms with Crippen LogP contribution in [0.2, 0.25) is 0 Å². The lowest BCUT2D eigenvalue weighted by Crippen LogP contribution is -2.32. The number of benzene rings is 1. The summed E-state index contributed by atoms with van der Waals surface area (Å²) < 4.78 is 0. The van der Waals surface area contributed by atoms with Gasteiger partial charge < -0.3 is 10.2 Å². The zero-order valence-electron chi connectivity index (χ0n) is 18.3. The van der Waals surface area contributed by atoms with Crippen molar-refractivity contribution < 1.29 is 15.0 Å². The topological polar surface area (TPSA) is 57.5 Å². The summed E-state index contributed by atoms with van der Waals surface area (Å²) in [6.07, 6.45) is 16.0. The summed E-state index contributed by atoms with van der Waals surface area (Å²) >= 11 is 1.89. The van der Waals surface area contributed by atoms with Crippen LogP contribution in [0.1, 0.15) is 57.9 Å². The smallest absolute Gasteiger partial charge is 0.313 e. The lowest BCUT2D eigenvalue weighted by atomic mass is 9.79. The van der Waals surface area contributed by atoms with Gasteiger partial charge in [-0.05, 0) is 67.9 Å². The maximum Gasteiger partial charge on any atom is 0.313 e. The second-order valence-electron chi connectivity index (χ2n) is 8.81. The van der Waals surface area contributed by atoms with Crippen molar-refractivity contribution in [2.24, 2.45) is 5.41 Å². The molecule has 2 N–H and O–H groups in total. The first kappa shape index (κ1) is 24.5. The molecule has 2 rings (SSSR count). The number of hydrogen-bond acceptors (Lipinski definition) is 3. The zero-order chi connectivity index (χ0) is 21.9. The summed E-state index contributed by atoms with van der Waals surface area (Å²) in [6.45, 7) is 4.21. The fraction of sp³-hybridized carbons (Fsp3) is 0.500. The Morgan fingerprint density at radius 1 is 1.03 bits per heavy atom. The zero-order valence-corrected chi connectivity index (χ0v) is 19.2. The van der Waals surface area contributed by atoms with E-state index in [0.29, 0.717) is 6.42 Å². The first-order valence-electron chi connectivity index (χ1n) is 10.9. The van der Waals surface area contributed by atoms with Crippen molar-refractivity contribution in [3.05, 3.63) is 71.8 Å². The molecule has 164 valence electrons. The number of hydrogen-bond donors (Lipinski definition) is 2. The van der Waals surface area contributed by atoms with Crippen molar-refractivity contribution in [3.8, 4) is 0 Å². The monoisotopic (exact) mass is 428 g/mol. The van der Waals surface area contributed by atoms with Crippen molar-refractivity contribution in [2.75, 3.05) is 18.1 Å². The maximum atomic E-state index is 11.9. The second kappa shape index (κ2) is 12.2. The first-order chi connectivity index (χ1) is 14.4. The van der Waals surface area contributed by atoms with E-state index in [1.807, 2.05) is 55.1 Å². The van der Waals surface area contributed by atoms with Gasteiger partial charge in [-0.25, -0.2) is 0 Å². The highest BCUT2D eigenvalue weighted by Gasteiger charge is 2.34. The summed E-state index contributed by atoms with van der Waals surface area (Å²) in [5, 5.41) is 19.7. The number of carboxylic acid groups (broad SMARTS) is 1. The van der Waals surface area contributed by atoms with Crippen LogP contribution in [0.15, 0.2) is 66.3 Å². The number of aliphatic hydroxyl groups is 1. The standard InChI is InChI=1S/C26H36O3S/c1-25(21-27,20-22-12-6-3-4-7-13-22)16-10-18-30-19-11-17-26(2,24(28)29)23-14-8-5-9-15-23/h3-9,12,14-15,27H,10-11,13,16-21H2,1-2H3,(H,28,29). The van der Waals surface area contributed by atoms with Gasteiger partial charge in [-0.2, -0.15) is 11.8 Å². The molecule has 2 unspecified atom stereocenters. The molecule has 3 nitrogen and oxygen atoms in total. The molecule has 0 saturated heterocycles. The molecule has 0 spiro atoms. The number of carboxylic acids is 1. The quantitative estimate of drug-likeness (QED) is 0.370. The Morgan fingerprint density at radius 3 is 2.40 bits per heavy atom. The number of thioether (sulfide) groups is 1. The SMILES string of the molecule is CC(CO)(CCCSCCCC(C)(C(=O)O)c1ccccc1)CC1=CC=CC=CC1. The molecule has 0 radical (unpaired) electrons. The lowest BCUT2D eigenvalue weighted by Gasteiger charge is -2.28. The third-order valence-corrected chi connectivity index (χ3v) is 7.18. The minimum Gasteiger partial charge on any atom is -0.481 e. The van der Waals surface area contributed by atoms with Gasteiger partial charge in [0.25, 0.3) is 0 Å². The molecule has 0 heterocycles. The van der Waals surface area contributed by atoms with Crippen LogP contribution in [0.4, 0.5) is 0 Å². The molecule has 0 aromatic heterocycles. The second-order valence-corrected chi connectivity index (χ2v) is 10.0. The minimum atomic E-state index is -0.827.